The fraction of sp³-hybridized carbons (Fsp3) is 0.316. The number of anilines is 1. The van der Waals surface area contributed by atoms with Gasteiger partial charge < -0.3 is 4.57 Å². The number of amides is 1. The van der Waals surface area contributed by atoms with Crippen molar-refractivity contribution in [3.8, 4) is 5.69 Å². The number of aromatic nitrogens is 3. The highest BCUT2D eigenvalue weighted by Gasteiger charge is 2.14. The number of piperidine rings is 1. The Morgan fingerprint density at radius 3 is 2.69 bits per heavy atom. The van der Waals surface area contributed by atoms with Crippen LogP contribution < -0.4 is 5.32 Å². The summed E-state index contributed by atoms with van der Waals surface area (Å²) in [6, 6.07) is 7.43. The van der Waals surface area contributed by atoms with Crippen molar-refractivity contribution in [3.63, 3.8) is 0 Å². The molecule has 1 fully saturated rings. The van der Waals surface area contributed by atoms with Gasteiger partial charge in [0.05, 0.1) is 12.0 Å². The minimum absolute atomic E-state index is 0.138. The lowest BCUT2D eigenvalue weighted by Gasteiger charge is -2.25. The number of benzene rings is 1. The molecule has 6 nitrogen and oxygen atoms in total. The fourth-order valence-corrected chi connectivity index (χ4v) is 3.85. The van der Waals surface area contributed by atoms with Crippen molar-refractivity contribution in [2.75, 3.05) is 18.4 Å². The number of carbonyl (C=O) groups excluding carboxylic acids is 1. The van der Waals surface area contributed by atoms with Crippen molar-refractivity contribution in [3.05, 3.63) is 59.6 Å². The molecule has 3 aromatic rings. The molecule has 2 aromatic heterocycles. The summed E-state index contributed by atoms with van der Waals surface area (Å²) in [6.07, 6.45) is 9.19. The van der Waals surface area contributed by atoms with Crippen LogP contribution in [0.1, 0.15) is 35.3 Å². The second-order valence-electron chi connectivity index (χ2n) is 6.45. The number of rotatable bonds is 5. The molecule has 1 saturated heterocycles. The monoisotopic (exact) mass is 367 g/mol. The van der Waals surface area contributed by atoms with Crippen LogP contribution in [0.25, 0.3) is 5.69 Å². The van der Waals surface area contributed by atoms with Crippen molar-refractivity contribution in [2.45, 2.75) is 25.8 Å². The minimum atomic E-state index is -0.138. The van der Waals surface area contributed by atoms with Crippen LogP contribution in [0.5, 0.6) is 0 Å². The van der Waals surface area contributed by atoms with Gasteiger partial charge in [-0.1, -0.05) is 6.42 Å². The van der Waals surface area contributed by atoms with Gasteiger partial charge >= 0.3 is 0 Å². The second-order valence-corrected chi connectivity index (χ2v) is 7.31. The Hall–Kier alpha value is -2.51. The lowest BCUT2D eigenvalue weighted by Crippen LogP contribution is -2.29. The number of hydrogen-bond acceptors (Lipinski definition) is 5. The molecule has 26 heavy (non-hydrogen) atoms. The van der Waals surface area contributed by atoms with Gasteiger partial charge in [0.2, 0.25) is 0 Å². The zero-order valence-corrected chi connectivity index (χ0v) is 15.3. The molecular formula is C19H21N5OS. The maximum atomic E-state index is 12.4. The predicted octanol–water partition coefficient (Wildman–Crippen LogP) is 3.57. The van der Waals surface area contributed by atoms with Crippen LogP contribution in [0, 0.1) is 0 Å². The number of nitrogens with one attached hydrogen (secondary N) is 1. The predicted molar refractivity (Wildman–Crippen MR) is 103 cm³/mol. The third kappa shape index (κ3) is 4.00. The lowest BCUT2D eigenvalue weighted by atomic mass is 10.1. The first-order valence-corrected chi connectivity index (χ1v) is 9.72. The number of thiazole rings is 1. The zero-order chi connectivity index (χ0) is 17.8. The molecule has 1 aliphatic heterocycles. The highest BCUT2D eigenvalue weighted by molar-refractivity contribution is 7.13. The van der Waals surface area contributed by atoms with E-state index in [2.05, 4.69) is 20.2 Å². The maximum absolute atomic E-state index is 12.4. The van der Waals surface area contributed by atoms with Gasteiger partial charge in [-0.15, -0.1) is 11.3 Å². The van der Waals surface area contributed by atoms with E-state index in [1.54, 1.807) is 12.5 Å². The van der Waals surface area contributed by atoms with E-state index >= 15 is 0 Å². The van der Waals surface area contributed by atoms with E-state index in [0.717, 1.165) is 31.0 Å². The molecule has 1 amide bonds. The molecule has 4 rings (SSSR count). The maximum Gasteiger partial charge on any atom is 0.257 e. The molecule has 0 atom stereocenters. The van der Waals surface area contributed by atoms with Gasteiger partial charge in [0.15, 0.2) is 5.13 Å². The number of hydrogen-bond donors (Lipinski definition) is 1. The Labute approximate surface area is 156 Å². The van der Waals surface area contributed by atoms with Gasteiger partial charge in [-0.25, -0.2) is 9.97 Å². The molecular weight excluding hydrogens is 346 g/mol. The molecule has 0 spiro atoms. The summed E-state index contributed by atoms with van der Waals surface area (Å²) < 4.78 is 1.90. The van der Waals surface area contributed by atoms with Crippen LogP contribution in [0.15, 0.2) is 48.4 Å². The highest BCUT2D eigenvalue weighted by atomic mass is 32.1. The van der Waals surface area contributed by atoms with Gasteiger partial charge in [-0.2, -0.15) is 0 Å². The summed E-state index contributed by atoms with van der Waals surface area (Å²) in [5.74, 6) is -0.138. The van der Waals surface area contributed by atoms with E-state index in [1.165, 1.54) is 30.6 Å². The third-order valence-corrected chi connectivity index (χ3v) is 5.35. The normalized spacial score (nSPS) is 15.1. The van der Waals surface area contributed by atoms with Crippen molar-refractivity contribution >= 4 is 22.4 Å². The van der Waals surface area contributed by atoms with Gasteiger partial charge in [0.25, 0.3) is 5.91 Å². The van der Waals surface area contributed by atoms with Crippen LogP contribution in [0.4, 0.5) is 5.13 Å². The summed E-state index contributed by atoms with van der Waals surface area (Å²) in [5, 5.41) is 5.59. The average molecular weight is 367 g/mol. The van der Waals surface area contributed by atoms with Crippen LogP contribution in [0.2, 0.25) is 0 Å². The topological polar surface area (TPSA) is 63.1 Å². The number of imidazole rings is 1. The Morgan fingerprint density at radius 2 is 1.96 bits per heavy atom. The van der Waals surface area contributed by atoms with Crippen LogP contribution in [-0.2, 0) is 6.54 Å². The first kappa shape index (κ1) is 16.9. The molecule has 1 aromatic carbocycles. The summed E-state index contributed by atoms with van der Waals surface area (Å²) >= 11 is 1.48. The molecule has 1 N–H and O–H groups in total. The first-order valence-electron chi connectivity index (χ1n) is 8.84. The highest BCUT2D eigenvalue weighted by Crippen LogP contribution is 2.20. The average Bonchev–Trinajstić information content (AvgIpc) is 3.35. The molecule has 0 saturated carbocycles. The molecule has 1 aliphatic rings. The molecule has 0 bridgehead atoms. The van der Waals surface area contributed by atoms with E-state index in [-0.39, 0.29) is 5.91 Å². The second kappa shape index (κ2) is 7.80. The Kier molecular flexibility index (Phi) is 5.08. The summed E-state index contributed by atoms with van der Waals surface area (Å²) in [4.78, 5) is 23.5. The van der Waals surface area contributed by atoms with Crippen LogP contribution >= 0.6 is 11.3 Å². The first-order chi connectivity index (χ1) is 12.8. The third-order valence-electron chi connectivity index (χ3n) is 4.54. The Bertz CT molecular complexity index is 850. The van der Waals surface area contributed by atoms with Crippen LogP contribution in [-0.4, -0.2) is 38.4 Å². The standard InChI is InChI=1S/C19H21N5OS/c25-18(15-4-6-17(7-5-15)24-11-8-20-14-24)22-19-21-16(13-26-19)12-23-9-2-1-3-10-23/h4-8,11,13-14H,1-3,9-10,12H2,(H,21,22,25). The van der Waals surface area contributed by atoms with Crippen molar-refractivity contribution in [2.24, 2.45) is 0 Å². The summed E-state index contributed by atoms with van der Waals surface area (Å²) in [5.41, 5.74) is 2.61. The molecule has 0 radical (unpaired) electrons. The largest absolute Gasteiger partial charge is 0.306 e. The molecule has 134 valence electrons. The SMILES string of the molecule is O=C(Nc1nc(CN2CCCCC2)cs1)c1ccc(-n2ccnc2)cc1. The molecule has 7 heteroatoms. The van der Waals surface area contributed by atoms with Crippen molar-refractivity contribution < 1.29 is 4.79 Å². The smallest absolute Gasteiger partial charge is 0.257 e. The van der Waals surface area contributed by atoms with E-state index in [4.69, 9.17) is 0 Å². The van der Waals surface area contributed by atoms with E-state index in [1.807, 2.05) is 40.4 Å². The quantitative estimate of drug-likeness (QED) is 0.749. The van der Waals surface area contributed by atoms with Crippen molar-refractivity contribution in [1.82, 2.24) is 19.4 Å². The minimum Gasteiger partial charge on any atom is -0.306 e. The van der Waals surface area contributed by atoms with Crippen molar-refractivity contribution in [1.29, 1.82) is 0 Å². The van der Waals surface area contributed by atoms with Crippen LogP contribution in [0.3, 0.4) is 0 Å². The summed E-state index contributed by atoms with van der Waals surface area (Å²) in [7, 11) is 0. The van der Waals surface area contributed by atoms with E-state index in [0.29, 0.717) is 10.7 Å². The van der Waals surface area contributed by atoms with Gasteiger partial charge in [-0.3, -0.25) is 15.0 Å². The van der Waals surface area contributed by atoms with E-state index < -0.39 is 0 Å². The number of likely N-dealkylation sites (tertiary alicyclic amines) is 1. The molecule has 3 heterocycles. The zero-order valence-electron chi connectivity index (χ0n) is 14.5. The fourth-order valence-electron chi connectivity index (χ4n) is 3.15. The number of carbonyl (C=O) groups is 1. The molecule has 0 unspecified atom stereocenters. The Balaban J connectivity index is 1.37. The molecule has 0 aliphatic carbocycles. The van der Waals surface area contributed by atoms with E-state index in [9.17, 15) is 4.79 Å². The Morgan fingerprint density at radius 1 is 1.15 bits per heavy atom. The van der Waals surface area contributed by atoms with Gasteiger partial charge in [-0.05, 0) is 50.2 Å². The number of nitrogens with zero attached hydrogens (tertiary/aromatic N) is 4. The van der Waals surface area contributed by atoms with Gasteiger partial charge in [0.1, 0.15) is 0 Å². The lowest BCUT2D eigenvalue weighted by molar-refractivity contribution is 0.102. The summed E-state index contributed by atoms with van der Waals surface area (Å²) in [6.45, 7) is 3.15. The van der Waals surface area contributed by atoms with Gasteiger partial charge in [0, 0.05) is 35.6 Å².